The van der Waals surface area contributed by atoms with Crippen LogP contribution in [0.2, 0.25) is 0 Å². The Hall–Kier alpha value is -4.79. The highest BCUT2D eigenvalue weighted by molar-refractivity contribution is 6.04. The van der Waals surface area contributed by atoms with Crippen LogP contribution in [0.5, 0.6) is 0 Å². The van der Waals surface area contributed by atoms with Gasteiger partial charge >= 0.3 is 6.18 Å². The minimum atomic E-state index is -4.55. The summed E-state index contributed by atoms with van der Waals surface area (Å²) in [6.07, 6.45) is -4.55. The van der Waals surface area contributed by atoms with E-state index >= 15 is 0 Å². The molecular formula is C27H21F3N4O2. The predicted octanol–water partition coefficient (Wildman–Crippen LogP) is 6.46. The number of anilines is 4. The standard InChI is InChI=1S/C27H21F3N4O2/c28-27(29,30)23-8-4-5-9-24(23)33-34-26(36)19-12-16-22(17-13-19)31-21-14-10-18(11-15-21)25(35)32-20-6-2-1-3-7-20/h1-17,31,33H,(H,32,35)(H,34,36). The SMILES string of the molecule is O=C(NNc1ccccc1C(F)(F)F)c1ccc(Nc2ccc(C(=O)Nc3ccccc3)cc2)cc1. The van der Waals surface area contributed by atoms with Gasteiger partial charge in [-0.05, 0) is 72.8 Å². The van der Waals surface area contributed by atoms with Crippen LogP contribution >= 0.6 is 0 Å². The van der Waals surface area contributed by atoms with Crippen molar-refractivity contribution < 1.29 is 22.8 Å². The molecule has 36 heavy (non-hydrogen) atoms. The van der Waals surface area contributed by atoms with Gasteiger partial charge in [0, 0.05) is 28.2 Å². The number of hydrazine groups is 1. The topological polar surface area (TPSA) is 82.3 Å². The molecule has 0 heterocycles. The molecular weight excluding hydrogens is 469 g/mol. The van der Waals surface area contributed by atoms with Crippen molar-refractivity contribution in [2.75, 3.05) is 16.1 Å². The van der Waals surface area contributed by atoms with E-state index in [1.54, 1.807) is 48.5 Å². The molecule has 0 aromatic heterocycles. The summed E-state index contributed by atoms with van der Waals surface area (Å²) < 4.78 is 39.3. The highest BCUT2D eigenvalue weighted by Crippen LogP contribution is 2.34. The number of carbonyl (C=O) groups excluding carboxylic acids is 2. The van der Waals surface area contributed by atoms with E-state index < -0.39 is 17.6 Å². The van der Waals surface area contributed by atoms with E-state index in [0.29, 0.717) is 16.9 Å². The van der Waals surface area contributed by atoms with Crippen LogP contribution in [0.15, 0.2) is 103 Å². The quantitative estimate of drug-likeness (QED) is 0.224. The van der Waals surface area contributed by atoms with Crippen LogP contribution < -0.4 is 21.5 Å². The van der Waals surface area contributed by atoms with Gasteiger partial charge < -0.3 is 10.6 Å². The molecule has 4 aromatic rings. The minimum Gasteiger partial charge on any atom is -0.356 e. The zero-order chi connectivity index (χ0) is 25.5. The largest absolute Gasteiger partial charge is 0.418 e. The summed E-state index contributed by atoms with van der Waals surface area (Å²) in [6.45, 7) is 0. The van der Waals surface area contributed by atoms with Gasteiger partial charge in [-0.2, -0.15) is 13.2 Å². The maximum atomic E-state index is 13.1. The third-order valence-corrected chi connectivity index (χ3v) is 5.16. The first-order chi connectivity index (χ1) is 17.3. The molecule has 0 aliphatic rings. The fraction of sp³-hybridized carbons (Fsp3) is 0.0370. The van der Waals surface area contributed by atoms with Crippen LogP contribution in [-0.4, -0.2) is 11.8 Å². The number of benzene rings is 4. The van der Waals surface area contributed by atoms with Gasteiger partial charge in [-0.15, -0.1) is 0 Å². The van der Waals surface area contributed by atoms with Crippen molar-refractivity contribution in [2.24, 2.45) is 0 Å². The lowest BCUT2D eigenvalue weighted by Crippen LogP contribution is -2.30. The average Bonchev–Trinajstić information content (AvgIpc) is 2.88. The third-order valence-electron chi connectivity index (χ3n) is 5.16. The van der Waals surface area contributed by atoms with Gasteiger partial charge in [-0.1, -0.05) is 30.3 Å². The van der Waals surface area contributed by atoms with Crippen LogP contribution in [0.3, 0.4) is 0 Å². The van der Waals surface area contributed by atoms with Crippen molar-refractivity contribution in [2.45, 2.75) is 6.18 Å². The van der Waals surface area contributed by atoms with Gasteiger partial charge in [0.1, 0.15) is 0 Å². The minimum absolute atomic E-state index is 0.227. The summed E-state index contributed by atoms with van der Waals surface area (Å²) in [7, 11) is 0. The van der Waals surface area contributed by atoms with Crippen molar-refractivity contribution in [1.29, 1.82) is 0 Å². The predicted molar refractivity (Wildman–Crippen MR) is 133 cm³/mol. The molecule has 9 heteroatoms. The number of carbonyl (C=O) groups is 2. The second kappa shape index (κ2) is 10.6. The molecule has 0 saturated carbocycles. The summed E-state index contributed by atoms with van der Waals surface area (Å²) in [5.41, 5.74) is 6.35. The number of hydrogen-bond acceptors (Lipinski definition) is 4. The maximum Gasteiger partial charge on any atom is 0.418 e. The van der Waals surface area contributed by atoms with Gasteiger partial charge in [0.05, 0.1) is 11.3 Å². The Morgan fingerprint density at radius 2 is 1.11 bits per heavy atom. The van der Waals surface area contributed by atoms with Crippen molar-refractivity contribution in [1.82, 2.24) is 5.43 Å². The van der Waals surface area contributed by atoms with E-state index in [-0.39, 0.29) is 17.2 Å². The highest BCUT2D eigenvalue weighted by atomic mass is 19.4. The molecule has 0 atom stereocenters. The summed E-state index contributed by atoms with van der Waals surface area (Å²) in [4.78, 5) is 24.7. The molecule has 4 aromatic carbocycles. The number of para-hydroxylation sites is 2. The van der Waals surface area contributed by atoms with Crippen molar-refractivity contribution >= 4 is 34.6 Å². The fourth-order valence-electron chi connectivity index (χ4n) is 3.34. The Morgan fingerprint density at radius 3 is 1.69 bits per heavy atom. The van der Waals surface area contributed by atoms with Gasteiger partial charge in [0.15, 0.2) is 0 Å². The Kier molecular flexibility index (Phi) is 7.20. The molecule has 0 saturated heterocycles. The number of alkyl halides is 3. The monoisotopic (exact) mass is 490 g/mol. The summed E-state index contributed by atoms with van der Waals surface area (Å²) in [5, 5.41) is 5.98. The Balaban J connectivity index is 1.33. The molecule has 4 N–H and O–H groups in total. The Morgan fingerprint density at radius 1 is 0.583 bits per heavy atom. The lowest BCUT2D eigenvalue weighted by atomic mass is 10.1. The molecule has 0 fully saturated rings. The van der Waals surface area contributed by atoms with Crippen LogP contribution in [0.1, 0.15) is 26.3 Å². The number of amides is 2. The maximum absolute atomic E-state index is 13.1. The second-order valence-electron chi connectivity index (χ2n) is 7.72. The molecule has 182 valence electrons. The van der Waals surface area contributed by atoms with Crippen LogP contribution in [0, 0.1) is 0 Å². The average molecular weight is 490 g/mol. The van der Waals surface area contributed by atoms with Crippen LogP contribution in [-0.2, 0) is 6.18 Å². The zero-order valence-corrected chi connectivity index (χ0v) is 18.8. The van der Waals surface area contributed by atoms with E-state index in [1.165, 1.54) is 30.3 Å². The summed E-state index contributed by atoms with van der Waals surface area (Å²) in [6, 6.07) is 27.3. The lowest BCUT2D eigenvalue weighted by molar-refractivity contribution is -0.137. The molecule has 6 nitrogen and oxygen atoms in total. The molecule has 4 rings (SSSR count). The van der Waals surface area contributed by atoms with Crippen LogP contribution in [0.25, 0.3) is 0 Å². The number of nitrogens with one attached hydrogen (secondary N) is 4. The van der Waals surface area contributed by atoms with Gasteiger partial charge in [0.25, 0.3) is 11.8 Å². The summed E-state index contributed by atoms with van der Waals surface area (Å²) >= 11 is 0. The zero-order valence-electron chi connectivity index (χ0n) is 18.8. The molecule has 2 amide bonds. The lowest BCUT2D eigenvalue weighted by Gasteiger charge is -2.15. The first-order valence-electron chi connectivity index (χ1n) is 10.9. The molecule has 0 unspecified atom stereocenters. The first-order valence-corrected chi connectivity index (χ1v) is 10.9. The van der Waals surface area contributed by atoms with Gasteiger partial charge in [0.2, 0.25) is 0 Å². The van der Waals surface area contributed by atoms with E-state index in [1.807, 2.05) is 18.2 Å². The van der Waals surface area contributed by atoms with Crippen LogP contribution in [0.4, 0.5) is 35.9 Å². The molecule has 0 radical (unpaired) electrons. The van der Waals surface area contributed by atoms with Gasteiger partial charge in [-0.3, -0.25) is 20.4 Å². The number of hydrogen-bond donors (Lipinski definition) is 4. The second-order valence-corrected chi connectivity index (χ2v) is 7.72. The normalized spacial score (nSPS) is 10.9. The molecule has 0 bridgehead atoms. The summed E-state index contributed by atoms with van der Waals surface area (Å²) in [5.74, 6) is -0.818. The van der Waals surface area contributed by atoms with E-state index in [4.69, 9.17) is 0 Å². The van der Waals surface area contributed by atoms with Crippen molar-refractivity contribution in [3.05, 3.63) is 120 Å². The molecule has 0 spiro atoms. The fourth-order valence-corrected chi connectivity index (χ4v) is 3.34. The number of halogens is 3. The van der Waals surface area contributed by atoms with Crippen molar-refractivity contribution in [3.63, 3.8) is 0 Å². The number of rotatable bonds is 7. The Bertz CT molecular complexity index is 1340. The van der Waals surface area contributed by atoms with Crippen molar-refractivity contribution in [3.8, 4) is 0 Å². The van der Waals surface area contributed by atoms with Gasteiger partial charge in [-0.25, -0.2) is 0 Å². The molecule has 0 aliphatic carbocycles. The molecule has 0 aliphatic heterocycles. The third kappa shape index (κ3) is 6.20. The smallest absolute Gasteiger partial charge is 0.356 e. The first kappa shape index (κ1) is 24.3. The highest BCUT2D eigenvalue weighted by Gasteiger charge is 2.33. The van der Waals surface area contributed by atoms with E-state index in [9.17, 15) is 22.8 Å². The Labute approximate surface area is 205 Å². The van der Waals surface area contributed by atoms with E-state index in [0.717, 1.165) is 11.8 Å². The van der Waals surface area contributed by atoms with E-state index in [2.05, 4.69) is 21.5 Å².